The van der Waals surface area contributed by atoms with Crippen LogP contribution in [0.4, 0.5) is 0 Å². The van der Waals surface area contributed by atoms with Crippen LogP contribution in [-0.4, -0.2) is 6.54 Å². The average molecular weight is 290 g/mol. The van der Waals surface area contributed by atoms with E-state index < -0.39 is 0 Å². The zero-order valence-corrected chi connectivity index (χ0v) is 14.6. The fraction of sp³-hybridized carbons (Fsp3) is 0.700. The lowest BCUT2D eigenvalue weighted by atomic mass is 9.98. The van der Waals surface area contributed by atoms with Crippen molar-refractivity contribution >= 4 is 0 Å². The first-order chi connectivity index (χ1) is 10.2. The summed E-state index contributed by atoms with van der Waals surface area (Å²) in [5.41, 5.74) is 2.89. The van der Waals surface area contributed by atoms with E-state index in [9.17, 15) is 0 Å². The number of unbranched alkanes of at least 4 members (excludes halogenated alkanes) is 2. The van der Waals surface area contributed by atoms with Crippen molar-refractivity contribution in [3.8, 4) is 0 Å². The van der Waals surface area contributed by atoms with Gasteiger partial charge in [0.2, 0.25) is 0 Å². The van der Waals surface area contributed by atoms with Gasteiger partial charge in [0.05, 0.1) is 0 Å². The van der Waals surface area contributed by atoms with Gasteiger partial charge in [0.25, 0.3) is 0 Å². The Morgan fingerprint density at radius 3 is 2.19 bits per heavy atom. The van der Waals surface area contributed by atoms with Gasteiger partial charge in [-0.2, -0.15) is 0 Å². The monoisotopic (exact) mass is 289 g/mol. The highest BCUT2D eigenvalue weighted by Gasteiger charge is 2.09. The molecule has 21 heavy (non-hydrogen) atoms. The van der Waals surface area contributed by atoms with Gasteiger partial charge in [0.1, 0.15) is 0 Å². The molecule has 0 amide bonds. The topological polar surface area (TPSA) is 12.0 Å². The van der Waals surface area contributed by atoms with Crippen LogP contribution in [0.2, 0.25) is 0 Å². The van der Waals surface area contributed by atoms with Crippen LogP contribution in [0.5, 0.6) is 0 Å². The van der Waals surface area contributed by atoms with Crippen LogP contribution in [0.1, 0.15) is 83.4 Å². The van der Waals surface area contributed by atoms with E-state index in [2.05, 4.69) is 57.3 Å². The fourth-order valence-corrected chi connectivity index (χ4v) is 2.76. The maximum absolute atomic E-state index is 3.72. The summed E-state index contributed by atoms with van der Waals surface area (Å²) in [6, 6.07) is 9.67. The highest BCUT2D eigenvalue weighted by molar-refractivity contribution is 5.24. The smallest absolute Gasteiger partial charge is 0.0291 e. The molecule has 0 heterocycles. The Bertz CT molecular complexity index is 355. The van der Waals surface area contributed by atoms with Crippen LogP contribution in [-0.2, 0) is 6.42 Å². The van der Waals surface area contributed by atoms with Crippen LogP contribution in [0, 0.1) is 5.92 Å². The average Bonchev–Trinajstić information content (AvgIpc) is 2.53. The van der Waals surface area contributed by atoms with E-state index >= 15 is 0 Å². The predicted molar refractivity (Wildman–Crippen MR) is 94.8 cm³/mol. The molecule has 1 rings (SSSR count). The predicted octanol–water partition coefficient (Wildman–Crippen LogP) is 5.90. The Morgan fingerprint density at radius 1 is 0.952 bits per heavy atom. The molecule has 0 aliphatic heterocycles. The minimum Gasteiger partial charge on any atom is -0.310 e. The van der Waals surface area contributed by atoms with Crippen LogP contribution in [0.25, 0.3) is 0 Å². The van der Waals surface area contributed by atoms with Crippen LogP contribution < -0.4 is 5.32 Å². The molecule has 1 nitrogen and oxygen atoms in total. The molecular weight excluding hydrogens is 254 g/mol. The number of hydrogen-bond acceptors (Lipinski definition) is 1. The van der Waals surface area contributed by atoms with Crippen LogP contribution in [0.15, 0.2) is 24.3 Å². The number of nitrogens with one attached hydrogen (secondary N) is 1. The minimum atomic E-state index is 0.459. The second-order valence-electron chi connectivity index (χ2n) is 6.39. The molecule has 1 heteroatoms. The van der Waals surface area contributed by atoms with E-state index in [4.69, 9.17) is 0 Å². The first-order valence-electron chi connectivity index (χ1n) is 9.03. The summed E-state index contributed by atoms with van der Waals surface area (Å²) in [7, 11) is 0. The number of hydrogen-bond donors (Lipinski definition) is 1. The van der Waals surface area contributed by atoms with E-state index in [0.29, 0.717) is 6.04 Å². The van der Waals surface area contributed by atoms with Crippen molar-refractivity contribution in [3.63, 3.8) is 0 Å². The van der Waals surface area contributed by atoms with Crippen LogP contribution >= 0.6 is 0 Å². The van der Waals surface area contributed by atoms with E-state index in [1.165, 1.54) is 56.1 Å². The summed E-state index contributed by atoms with van der Waals surface area (Å²) in [5.74, 6) is 0.830. The second-order valence-corrected chi connectivity index (χ2v) is 6.39. The Morgan fingerprint density at radius 2 is 1.62 bits per heavy atom. The van der Waals surface area contributed by atoms with E-state index in [1.54, 1.807) is 0 Å². The molecule has 0 aliphatic carbocycles. The third kappa shape index (κ3) is 7.13. The Labute approximate surface area is 132 Å². The summed E-state index contributed by atoms with van der Waals surface area (Å²) in [6.07, 6.45) is 9.11. The molecule has 0 saturated carbocycles. The zero-order chi connectivity index (χ0) is 15.5. The van der Waals surface area contributed by atoms with Gasteiger partial charge in [0.15, 0.2) is 0 Å². The van der Waals surface area contributed by atoms with Gasteiger partial charge < -0.3 is 5.32 Å². The molecular formula is C20H35N. The quantitative estimate of drug-likeness (QED) is 0.535. The van der Waals surface area contributed by atoms with Gasteiger partial charge in [-0.05, 0) is 49.8 Å². The summed E-state index contributed by atoms with van der Waals surface area (Å²) >= 11 is 0. The van der Waals surface area contributed by atoms with Crippen molar-refractivity contribution in [2.75, 3.05) is 6.54 Å². The molecule has 0 spiro atoms. The van der Waals surface area contributed by atoms with Crippen molar-refractivity contribution in [1.82, 2.24) is 5.32 Å². The maximum atomic E-state index is 3.72. The first kappa shape index (κ1) is 18.2. The molecule has 0 saturated heterocycles. The first-order valence-corrected chi connectivity index (χ1v) is 9.03. The molecule has 0 bridgehead atoms. The van der Waals surface area contributed by atoms with Gasteiger partial charge in [0, 0.05) is 6.04 Å². The van der Waals surface area contributed by atoms with Crippen molar-refractivity contribution in [2.45, 2.75) is 78.7 Å². The van der Waals surface area contributed by atoms with Gasteiger partial charge in [-0.25, -0.2) is 0 Å². The second kappa shape index (κ2) is 10.8. The number of benzene rings is 1. The molecule has 1 aromatic rings. The summed E-state index contributed by atoms with van der Waals surface area (Å²) in [6.45, 7) is 10.3. The normalized spacial score (nSPS) is 14.1. The largest absolute Gasteiger partial charge is 0.310 e. The third-order valence-corrected chi connectivity index (χ3v) is 4.55. The lowest BCUT2D eigenvalue weighted by molar-refractivity contribution is 0.398. The van der Waals surface area contributed by atoms with E-state index in [-0.39, 0.29) is 0 Å². The SMILES string of the molecule is CCCCc1ccc(C(C)NCC(CC)CCCC)cc1. The van der Waals surface area contributed by atoms with Gasteiger partial charge in [-0.3, -0.25) is 0 Å². The molecule has 1 N–H and O–H groups in total. The van der Waals surface area contributed by atoms with E-state index in [0.717, 1.165) is 12.5 Å². The fourth-order valence-electron chi connectivity index (χ4n) is 2.76. The lowest BCUT2D eigenvalue weighted by Crippen LogP contribution is -2.25. The number of rotatable bonds is 11. The highest BCUT2D eigenvalue weighted by Crippen LogP contribution is 2.17. The summed E-state index contributed by atoms with van der Waals surface area (Å²) in [4.78, 5) is 0. The van der Waals surface area contributed by atoms with E-state index in [1.807, 2.05) is 0 Å². The van der Waals surface area contributed by atoms with Crippen molar-refractivity contribution in [2.24, 2.45) is 5.92 Å². The van der Waals surface area contributed by atoms with Crippen molar-refractivity contribution in [1.29, 1.82) is 0 Å². The maximum Gasteiger partial charge on any atom is 0.0291 e. The molecule has 0 aliphatic rings. The molecule has 120 valence electrons. The molecule has 1 aromatic carbocycles. The molecule has 0 fully saturated rings. The molecule has 2 atom stereocenters. The molecule has 2 unspecified atom stereocenters. The summed E-state index contributed by atoms with van der Waals surface area (Å²) < 4.78 is 0. The van der Waals surface area contributed by atoms with Crippen LogP contribution in [0.3, 0.4) is 0 Å². The van der Waals surface area contributed by atoms with Gasteiger partial charge in [-0.1, -0.05) is 70.7 Å². The number of aryl methyl sites for hydroxylation is 1. The third-order valence-electron chi connectivity index (χ3n) is 4.55. The summed E-state index contributed by atoms with van der Waals surface area (Å²) in [5, 5.41) is 3.72. The minimum absolute atomic E-state index is 0.459. The Kier molecular flexibility index (Phi) is 9.41. The van der Waals surface area contributed by atoms with Crippen molar-refractivity contribution in [3.05, 3.63) is 35.4 Å². The Hall–Kier alpha value is -0.820. The standard InChI is InChI=1S/C20H35N/c1-5-8-10-18(7-3)16-21-17(4)20-14-12-19(13-15-20)11-9-6-2/h12-15,17-18,21H,5-11,16H2,1-4H3. The highest BCUT2D eigenvalue weighted by atomic mass is 14.9. The van der Waals surface area contributed by atoms with Crippen molar-refractivity contribution < 1.29 is 0 Å². The molecule has 0 radical (unpaired) electrons. The van der Waals surface area contributed by atoms with Gasteiger partial charge in [-0.15, -0.1) is 0 Å². The Balaban J connectivity index is 2.41. The molecule has 0 aromatic heterocycles. The van der Waals surface area contributed by atoms with Gasteiger partial charge >= 0.3 is 0 Å². The lowest BCUT2D eigenvalue weighted by Gasteiger charge is -2.20. The zero-order valence-electron chi connectivity index (χ0n) is 14.6.